The maximum Gasteiger partial charge on any atom is 0.243 e. The molecule has 0 saturated heterocycles. The maximum atomic E-state index is 12.4. The Morgan fingerprint density at radius 3 is 2.23 bits per heavy atom. The molecule has 0 aliphatic rings. The van der Waals surface area contributed by atoms with E-state index in [9.17, 15) is 13.2 Å². The second-order valence-electron chi connectivity index (χ2n) is 5.02. The lowest BCUT2D eigenvalue weighted by Crippen LogP contribution is -2.42. The lowest BCUT2D eigenvalue weighted by atomic mass is 10.2. The minimum absolute atomic E-state index is 0.0875. The highest BCUT2D eigenvalue weighted by Gasteiger charge is 2.23. The first-order valence-corrected chi connectivity index (χ1v) is 9.91. The van der Waals surface area contributed by atoms with E-state index in [0.717, 1.165) is 22.0 Å². The summed E-state index contributed by atoms with van der Waals surface area (Å²) in [5.74, 6) is -0.277. The average Bonchev–Trinajstić information content (AvgIpc) is 2.52. The van der Waals surface area contributed by atoms with Crippen molar-refractivity contribution < 1.29 is 13.2 Å². The first-order valence-electron chi connectivity index (χ1n) is 7.24. The van der Waals surface area contributed by atoms with Gasteiger partial charge < -0.3 is 5.32 Å². The van der Waals surface area contributed by atoms with Gasteiger partial charge in [0.2, 0.25) is 15.9 Å². The molecular weight excluding hydrogens is 320 g/mol. The molecule has 0 atom stereocenters. The van der Waals surface area contributed by atoms with Gasteiger partial charge in [-0.25, -0.2) is 8.42 Å². The van der Waals surface area contributed by atoms with Crippen LogP contribution >= 0.6 is 11.8 Å². The van der Waals surface area contributed by atoms with Crippen LogP contribution in [0.4, 0.5) is 0 Å². The van der Waals surface area contributed by atoms with Gasteiger partial charge in [-0.15, -0.1) is 11.8 Å². The van der Waals surface area contributed by atoms with Gasteiger partial charge in [0, 0.05) is 18.0 Å². The van der Waals surface area contributed by atoms with Gasteiger partial charge in [-0.2, -0.15) is 4.31 Å². The van der Waals surface area contributed by atoms with Crippen LogP contribution in [0.3, 0.4) is 0 Å². The van der Waals surface area contributed by atoms with E-state index in [2.05, 4.69) is 5.32 Å². The third kappa shape index (κ3) is 5.00. The molecule has 0 unspecified atom stereocenters. The van der Waals surface area contributed by atoms with Crippen LogP contribution < -0.4 is 5.32 Å². The topological polar surface area (TPSA) is 66.5 Å². The molecule has 1 amide bonds. The highest BCUT2D eigenvalue weighted by Crippen LogP contribution is 2.19. The molecule has 1 aromatic rings. The van der Waals surface area contributed by atoms with Crippen molar-refractivity contribution >= 4 is 27.7 Å². The van der Waals surface area contributed by atoms with E-state index >= 15 is 0 Å². The number of carbonyl (C=O) groups is 1. The molecule has 22 heavy (non-hydrogen) atoms. The standard InChI is InChI=1S/C15H24N2O3S2/c1-5-12(6-2)16-15(18)11-17(3)22(19,20)14-9-7-13(21-4)8-10-14/h7-10,12H,5-6,11H2,1-4H3,(H,16,18). The number of nitrogens with zero attached hydrogens (tertiary/aromatic N) is 1. The number of benzene rings is 1. The molecule has 0 aliphatic heterocycles. The SMILES string of the molecule is CCC(CC)NC(=O)CN(C)S(=O)(=O)c1ccc(SC)cc1. The van der Waals surface area contributed by atoms with Crippen LogP contribution in [0.2, 0.25) is 0 Å². The summed E-state index contributed by atoms with van der Waals surface area (Å²) in [6.45, 7) is 3.80. The Labute approximate surface area is 137 Å². The van der Waals surface area contributed by atoms with E-state index in [1.54, 1.807) is 36.0 Å². The smallest absolute Gasteiger partial charge is 0.243 e. The summed E-state index contributed by atoms with van der Waals surface area (Å²) in [7, 11) is -2.22. The molecule has 1 rings (SSSR count). The molecule has 124 valence electrons. The summed E-state index contributed by atoms with van der Waals surface area (Å²) in [5, 5.41) is 2.84. The van der Waals surface area contributed by atoms with Crippen molar-refractivity contribution in [2.75, 3.05) is 19.8 Å². The maximum absolute atomic E-state index is 12.4. The summed E-state index contributed by atoms with van der Waals surface area (Å²) in [6.07, 6.45) is 3.58. The number of carbonyl (C=O) groups excluding carboxylic acids is 1. The van der Waals surface area contributed by atoms with Gasteiger partial charge in [-0.1, -0.05) is 13.8 Å². The number of amides is 1. The number of hydrogen-bond acceptors (Lipinski definition) is 4. The molecule has 0 heterocycles. The minimum Gasteiger partial charge on any atom is -0.352 e. The predicted molar refractivity (Wildman–Crippen MR) is 90.6 cm³/mol. The van der Waals surface area contributed by atoms with Crippen LogP contribution in [0.25, 0.3) is 0 Å². The van der Waals surface area contributed by atoms with E-state index in [-0.39, 0.29) is 23.4 Å². The predicted octanol–water partition coefficient (Wildman–Crippen LogP) is 2.33. The Morgan fingerprint density at radius 2 is 1.77 bits per heavy atom. The van der Waals surface area contributed by atoms with Crippen LogP contribution in [0.15, 0.2) is 34.1 Å². The van der Waals surface area contributed by atoms with Crippen molar-refractivity contribution in [1.82, 2.24) is 9.62 Å². The fraction of sp³-hybridized carbons (Fsp3) is 0.533. The Hall–Kier alpha value is -1.05. The Balaban J connectivity index is 2.77. The summed E-state index contributed by atoms with van der Waals surface area (Å²) >= 11 is 1.55. The molecular formula is C15H24N2O3S2. The molecule has 0 radical (unpaired) electrons. The van der Waals surface area contributed by atoms with Crippen LogP contribution in [-0.2, 0) is 14.8 Å². The summed E-state index contributed by atoms with van der Waals surface area (Å²) in [5.41, 5.74) is 0. The number of likely N-dealkylation sites (N-methyl/N-ethyl adjacent to an activating group) is 1. The van der Waals surface area contributed by atoms with Crippen LogP contribution in [-0.4, -0.2) is 44.5 Å². The molecule has 0 aromatic heterocycles. The van der Waals surface area contributed by atoms with Gasteiger partial charge in [-0.3, -0.25) is 4.79 Å². The molecule has 7 heteroatoms. The molecule has 0 bridgehead atoms. The number of rotatable bonds is 8. The number of thioether (sulfide) groups is 1. The summed E-state index contributed by atoms with van der Waals surface area (Å²) < 4.78 is 25.9. The number of sulfonamides is 1. The molecule has 0 aliphatic carbocycles. The second kappa shape index (κ2) is 8.55. The average molecular weight is 345 g/mol. The lowest BCUT2D eigenvalue weighted by molar-refractivity contribution is -0.121. The number of nitrogens with one attached hydrogen (secondary N) is 1. The van der Waals surface area contributed by atoms with Crippen molar-refractivity contribution in [3.8, 4) is 0 Å². The van der Waals surface area contributed by atoms with Gasteiger partial charge >= 0.3 is 0 Å². The van der Waals surface area contributed by atoms with Crippen LogP contribution in [0, 0.1) is 0 Å². The summed E-state index contributed by atoms with van der Waals surface area (Å²) in [6, 6.07) is 6.74. The van der Waals surface area contributed by atoms with Crippen molar-refractivity contribution in [1.29, 1.82) is 0 Å². The third-order valence-corrected chi connectivity index (χ3v) is 6.05. The van der Waals surface area contributed by atoms with Gasteiger partial charge in [-0.05, 0) is 43.4 Å². The first-order chi connectivity index (χ1) is 10.3. The Bertz CT molecular complexity index is 581. The summed E-state index contributed by atoms with van der Waals surface area (Å²) in [4.78, 5) is 13.1. The Kier molecular flexibility index (Phi) is 7.38. The van der Waals surface area contributed by atoms with Crippen molar-refractivity contribution in [2.45, 2.75) is 42.5 Å². The molecule has 1 aromatic carbocycles. The fourth-order valence-electron chi connectivity index (χ4n) is 1.98. The first kappa shape index (κ1) is 19.0. The van der Waals surface area contributed by atoms with Gasteiger partial charge in [0.05, 0.1) is 11.4 Å². The normalized spacial score (nSPS) is 11.9. The van der Waals surface area contributed by atoms with Gasteiger partial charge in [0.25, 0.3) is 0 Å². The van der Waals surface area contributed by atoms with Crippen molar-refractivity contribution in [3.63, 3.8) is 0 Å². The van der Waals surface area contributed by atoms with E-state index in [4.69, 9.17) is 0 Å². The van der Waals surface area contributed by atoms with Crippen molar-refractivity contribution in [3.05, 3.63) is 24.3 Å². The quantitative estimate of drug-likeness (QED) is 0.735. The zero-order valence-corrected chi connectivity index (χ0v) is 15.1. The molecule has 5 nitrogen and oxygen atoms in total. The minimum atomic E-state index is -3.65. The Morgan fingerprint density at radius 1 is 1.23 bits per heavy atom. The largest absolute Gasteiger partial charge is 0.352 e. The van der Waals surface area contributed by atoms with Gasteiger partial charge in [0.1, 0.15) is 0 Å². The second-order valence-corrected chi connectivity index (χ2v) is 7.94. The molecule has 0 spiro atoms. The molecule has 1 N–H and O–H groups in total. The van der Waals surface area contributed by atoms with E-state index < -0.39 is 10.0 Å². The highest BCUT2D eigenvalue weighted by molar-refractivity contribution is 7.98. The fourth-order valence-corrected chi connectivity index (χ4v) is 3.52. The van der Waals surface area contributed by atoms with E-state index in [1.165, 1.54) is 7.05 Å². The van der Waals surface area contributed by atoms with E-state index in [1.807, 2.05) is 20.1 Å². The highest BCUT2D eigenvalue weighted by atomic mass is 32.2. The monoisotopic (exact) mass is 344 g/mol. The zero-order chi connectivity index (χ0) is 16.8. The van der Waals surface area contributed by atoms with Gasteiger partial charge in [0.15, 0.2) is 0 Å². The van der Waals surface area contributed by atoms with Crippen molar-refractivity contribution in [2.24, 2.45) is 0 Å². The van der Waals surface area contributed by atoms with E-state index in [0.29, 0.717) is 0 Å². The number of hydrogen-bond donors (Lipinski definition) is 1. The lowest BCUT2D eigenvalue weighted by Gasteiger charge is -2.19. The van der Waals surface area contributed by atoms with Crippen LogP contribution in [0.5, 0.6) is 0 Å². The molecule has 0 fully saturated rings. The molecule has 0 saturated carbocycles. The third-order valence-electron chi connectivity index (χ3n) is 3.48. The zero-order valence-electron chi connectivity index (χ0n) is 13.5. The van der Waals surface area contributed by atoms with Crippen LogP contribution in [0.1, 0.15) is 26.7 Å².